The van der Waals surface area contributed by atoms with Crippen molar-refractivity contribution >= 4 is 8.80 Å². The van der Waals surface area contributed by atoms with Crippen molar-refractivity contribution in [1.29, 1.82) is 0 Å². The molecule has 0 heterocycles. The monoisotopic (exact) mass is 634 g/mol. The molecular weight excluding hydrogens is 603 g/mol. The van der Waals surface area contributed by atoms with E-state index in [0.717, 1.165) is 24.3 Å². The van der Waals surface area contributed by atoms with Crippen LogP contribution in [-0.4, -0.2) is 30.1 Å². The van der Waals surface area contributed by atoms with Crippen molar-refractivity contribution < 1.29 is 35.2 Å². The van der Waals surface area contributed by atoms with Gasteiger partial charge in [-0.2, -0.15) is 0 Å². The summed E-state index contributed by atoms with van der Waals surface area (Å²) >= 11 is 0. The highest BCUT2D eigenvalue weighted by molar-refractivity contribution is 6.65. The maximum absolute atomic E-state index is 16.7. The zero-order valence-corrected chi connectivity index (χ0v) is 25.9. The smallest absolute Gasteiger partial charge is 0.376 e. The van der Waals surface area contributed by atoms with E-state index in [1.54, 1.807) is 6.07 Å². The lowest BCUT2D eigenvalue weighted by Crippen LogP contribution is -2.72. The number of halogens is 5. The highest BCUT2D eigenvalue weighted by atomic mass is 28.4. The van der Waals surface area contributed by atoms with Gasteiger partial charge in [-0.15, -0.1) is 0 Å². The molecule has 5 aromatic carbocycles. The van der Waals surface area contributed by atoms with E-state index in [2.05, 4.69) is 0 Å². The molecular formula is C36H31F5O3Si. The second-order valence-electron chi connectivity index (χ2n) is 10.5. The standard InChI is InChI=1S/C36H31F5O3Si/c1-42-45(43-2,44-3)36(28-17-7-12-22-33(28)40,29-18-8-13-23-34(29)41)35(26-15-5-10-20-31(26)38,27-16-6-11-21-32(27)39)24-25-14-4-9-19-30(25)37/h4-23H,24H2,1-3H3. The molecule has 0 amide bonds. The molecule has 45 heavy (non-hydrogen) atoms. The van der Waals surface area contributed by atoms with Crippen LogP contribution in [0.4, 0.5) is 22.0 Å². The minimum atomic E-state index is -4.70. The van der Waals surface area contributed by atoms with E-state index < -0.39 is 54.8 Å². The lowest BCUT2D eigenvalue weighted by molar-refractivity contribution is 0.0775. The predicted molar refractivity (Wildman–Crippen MR) is 164 cm³/mol. The van der Waals surface area contributed by atoms with Gasteiger partial charge in [-0.25, -0.2) is 22.0 Å². The van der Waals surface area contributed by atoms with E-state index in [0.29, 0.717) is 0 Å². The first-order valence-corrected chi connectivity index (χ1v) is 15.9. The fraction of sp³-hybridized carbons (Fsp3) is 0.167. The van der Waals surface area contributed by atoms with Crippen LogP contribution in [0.1, 0.15) is 27.8 Å². The van der Waals surface area contributed by atoms with Gasteiger partial charge in [-0.3, -0.25) is 0 Å². The average molecular weight is 635 g/mol. The molecule has 5 aromatic rings. The van der Waals surface area contributed by atoms with Crippen LogP contribution in [0.3, 0.4) is 0 Å². The Hall–Kier alpha value is -4.15. The summed E-state index contributed by atoms with van der Waals surface area (Å²) in [6.45, 7) is 0. The minimum absolute atomic E-state index is 0.0206. The van der Waals surface area contributed by atoms with E-state index in [1.165, 1.54) is 112 Å². The third-order valence-corrected chi connectivity index (χ3v) is 12.0. The lowest BCUT2D eigenvalue weighted by atomic mass is 9.57. The maximum atomic E-state index is 16.7. The summed E-state index contributed by atoms with van der Waals surface area (Å²) < 4.78 is 101. The van der Waals surface area contributed by atoms with Gasteiger partial charge >= 0.3 is 8.80 Å². The quantitative estimate of drug-likeness (QED) is 0.108. The highest BCUT2D eigenvalue weighted by Gasteiger charge is 2.74. The largest absolute Gasteiger partial charge is 0.517 e. The summed E-state index contributed by atoms with van der Waals surface area (Å²) in [4.78, 5) is 0. The number of hydrogen-bond donors (Lipinski definition) is 0. The third-order valence-electron chi connectivity index (χ3n) is 8.54. The number of rotatable bonds is 11. The van der Waals surface area contributed by atoms with Crippen LogP contribution in [0.25, 0.3) is 0 Å². The summed E-state index contributed by atoms with van der Waals surface area (Å²) in [5, 5.41) is -2.35. The molecule has 0 spiro atoms. The summed E-state index contributed by atoms with van der Waals surface area (Å²) in [5.74, 6) is -4.06. The van der Waals surface area contributed by atoms with Crippen molar-refractivity contribution in [3.63, 3.8) is 0 Å². The van der Waals surface area contributed by atoms with Crippen molar-refractivity contribution in [3.8, 4) is 0 Å². The Morgan fingerprint density at radius 2 is 0.756 bits per heavy atom. The predicted octanol–water partition coefficient (Wildman–Crippen LogP) is 8.31. The summed E-state index contributed by atoms with van der Waals surface area (Å²) in [6, 6.07) is 27.8. The van der Waals surface area contributed by atoms with Gasteiger partial charge in [-0.1, -0.05) is 91.0 Å². The molecule has 0 bridgehead atoms. The van der Waals surface area contributed by atoms with Crippen LogP contribution in [0, 0.1) is 29.1 Å². The van der Waals surface area contributed by atoms with Crippen molar-refractivity contribution in [3.05, 3.63) is 178 Å². The van der Waals surface area contributed by atoms with E-state index in [9.17, 15) is 0 Å². The average Bonchev–Trinajstić information content (AvgIpc) is 3.05. The number of hydrogen-bond acceptors (Lipinski definition) is 3. The first-order chi connectivity index (χ1) is 21.7. The Bertz CT molecular complexity index is 1690. The van der Waals surface area contributed by atoms with E-state index in [1.807, 2.05) is 0 Å². The Morgan fingerprint density at radius 3 is 1.09 bits per heavy atom. The van der Waals surface area contributed by atoms with E-state index in [4.69, 9.17) is 13.3 Å². The van der Waals surface area contributed by atoms with Gasteiger partial charge in [0.1, 0.15) is 34.1 Å². The summed E-state index contributed by atoms with van der Waals surface area (Å²) in [5.41, 5.74) is -3.04. The topological polar surface area (TPSA) is 27.7 Å². The van der Waals surface area contributed by atoms with E-state index in [-0.39, 0.29) is 27.8 Å². The molecule has 0 radical (unpaired) electrons. The molecule has 0 fully saturated rings. The van der Waals surface area contributed by atoms with Crippen LogP contribution >= 0.6 is 0 Å². The molecule has 0 aliphatic rings. The van der Waals surface area contributed by atoms with Crippen molar-refractivity contribution in [2.75, 3.05) is 21.3 Å². The molecule has 0 aliphatic heterocycles. The second-order valence-corrected chi connectivity index (χ2v) is 13.6. The molecule has 0 saturated carbocycles. The van der Waals surface area contributed by atoms with Gasteiger partial charge in [0, 0.05) is 49.0 Å². The lowest BCUT2D eigenvalue weighted by Gasteiger charge is -2.56. The van der Waals surface area contributed by atoms with Crippen LogP contribution in [0.5, 0.6) is 0 Å². The minimum Gasteiger partial charge on any atom is -0.376 e. The molecule has 9 heteroatoms. The molecule has 0 saturated heterocycles. The fourth-order valence-electron chi connectivity index (χ4n) is 6.85. The van der Waals surface area contributed by atoms with Crippen molar-refractivity contribution in [2.24, 2.45) is 0 Å². The first kappa shape index (κ1) is 32.2. The van der Waals surface area contributed by atoms with Gasteiger partial charge in [-0.05, 0) is 42.3 Å². The third kappa shape index (κ3) is 5.00. The van der Waals surface area contributed by atoms with Gasteiger partial charge < -0.3 is 13.3 Å². The molecule has 0 aromatic heterocycles. The van der Waals surface area contributed by atoms with Crippen LogP contribution < -0.4 is 0 Å². The summed E-state index contributed by atoms with van der Waals surface area (Å²) in [7, 11) is -0.927. The summed E-state index contributed by atoms with van der Waals surface area (Å²) in [6.07, 6.45) is -0.505. The normalized spacial score (nSPS) is 12.4. The molecule has 0 aliphatic carbocycles. The molecule has 0 N–H and O–H groups in total. The first-order valence-electron chi connectivity index (χ1n) is 14.1. The molecule has 0 atom stereocenters. The Kier molecular flexibility index (Phi) is 9.36. The SMILES string of the molecule is CO[Si](OC)(OC)C(c1ccccc1F)(c1ccccc1F)C(Cc1ccccc1F)(c1ccccc1F)c1ccccc1F. The molecule has 3 nitrogen and oxygen atoms in total. The molecule has 232 valence electrons. The van der Waals surface area contributed by atoms with Gasteiger partial charge in [0.05, 0.1) is 0 Å². The van der Waals surface area contributed by atoms with Crippen LogP contribution in [-0.2, 0) is 30.2 Å². The number of benzene rings is 5. The fourth-order valence-corrected chi connectivity index (χ4v) is 10.2. The molecule has 5 rings (SSSR count). The zero-order valence-electron chi connectivity index (χ0n) is 24.9. The second kappa shape index (κ2) is 13.1. The zero-order chi connectivity index (χ0) is 32.2. The van der Waals surface area contributed by atoms with Gasteiger partial charge in [0.25, 0.3) is 0 Å². The maximum Gasteiger partial charge on any atom is 0.517 e. The Labute approximate surface area is 260 Å². The Morgan fingerprint density at radius 1 is 0.444 bits per heavy atom. The van der Waals surface area contributed by atoms with E-state index >= 15 is 22.0 Å². The Balaban J connectivity index is 2.22. The highest BCUT2D eigenvalue weighted by Crippen LogP contribution is 2.61. The van der Waals surface area contributed by atoms with Gasteiger partial charge in [0.2, 0.25) is 0 Å². The van der Waals surface area contributed by atoms with Crippen LogP contribution in [0.15, 0.2) is 121 Å². The van der Waals surface area contributed by atoms with Crippen LogP contribution in [0.2, 0.25) is 0 Å². The van der Waals surface area contributed by atoms with Gasteiger partial charge in [0.15, 0.2) is 0 Å². The molecule has 0 unspecified atom stereocenters. The van der Waals surface area contributed by atoms with Crippen molar-refractivity contribution in [2.45, 2.75) is 16.9 Å². The van der Waals surface area contributed by atoms with Crippen molar-refractivity contribution in [1.82, 2.24) is 0 Å².